The Morgan fingerprint density at radius 1 is 1.18 bits per heavy atom. The first kappa shape index (κ1) is 15.6. The summed E-state index contributed by atoms with van der Waals surface area (Å²) >= 11 is 6.14. The summed E-state index contributed by atoms with van der Waals surface area (Å²) in [5, 5.41) is 20.1. The number of carbonyl (C=O) groups excluding carboxylic acids is 1. The van der Waals surface area contributed by atoms with Crippen LogP contribution in [0, 0.1) is 5.92 Å². The van der Waals surface area contributed by atoms with Gasteiger partial charge >= 0.3 is 0 Å². The van der Waals surface area contributed by atoms with E-state index in [0.717, 1.165) is 38.6 Å². The van der Waals surface area contributed by atoms with Crippen molar-refractivity contribution in [3.63, 3.8) is 0 Å². The van der Waals surface area contributed by atoms with Crippen LogP contribution in [-0.2, 0) is 11.2 Å². The Morgan fingerprint density at radius 2 is 1.91 bits per heavy atom. The monoisotopic (exact) mass is 323 g/mol. The van der Waals surface area contributed by atoms with E-state index >= 15 is 0 Å². The summed E-state index contributed by atoms with van der Waals surface area (Å²) in [4.78, 5) is 14.6. The highest BCUT2D eigenvalue weighted by atomic mass is 35.5. The molecule has 1 aliphatic heterocycles. The molecule has 1 aliphatic carbocycles. The van der Waals surface area contributed by atoms with Crippen molar-refractivity contribution in [1.82, 2.24) is 4.90 Å². The van der Waals surface area contributed by atoms with Crippen molar-refractivity contribution < 1.29 is 15.0 Å². The van der Waals surface area contributed by atoms with Crippen LogP contribution in [0.2, 0.25) is 5.02 Å². The predicted octanol–water partition coefficient (Wildman–Crippen LogP) is 2.74. The molecule has 0 radical (unpaired) electrons. The number of benzene rings is 1. The topological polar surface area (TPSA) is 60.8 Å². The first-order valence-corrected chi connectivity index (χ1v) is 8.39. The van der Waals surface area contributed by atoms with Gasteiger partial charge in [-0.2, -0.15) is 0 Å². The first-order valence-electron chi connectivity index (χ1n) is 8.01. The zero-order valence-electron chi connectivity index (χ0n) is 12.5. The lowest BCUT2D eigenvalue weighted by molar-refractivity contribution is -0.133. The van der Waals surface area contributed by atoms with Gasteiger partial charge in [-0.25, -0.2) is 0 Å². The first-order chi connectivity index (χ1) is 10.6. The van der Waals surface area contributed by atoms with E-state index in [-0.39, 0.29) is 29.7 Å². The third-order valence-corrected chi connectivity index (χ3v) is 5.36. The second-order valence-corrected chi connectivity index (χ2v) is 6.83. The molecule has 5 heteroatoms. The lowest BCUT2D eigenvalue weighted by Gasteiger charge is -2.33. The lowest BCUT2D eigenvalue weighted by atomic mass is 9.92. The third kappa shape index (κ3) is 3.08. The maximum absolute atomic E-state index is 12.7. The van der Waals surface area contributed by atoms with E-state index in [1.54, 1.807) is 18.2 Å². The standard InChI is InChI=1S/C17H22ClNO3/c18-15-2-1-3-16(21)14(15)10-11-8-9-19(17(11)22)12-4-6-13(20)7-5-12/h1-3,11-13,20-21H,4-10H2/t11?,12-,13+. The van der Waals surface area contributed by atoms with Crippen molar-refractivity contribution in [3.05, 3.63) is 28.8 Å². The number of phenols is 1. The number of nitrogens with zero attached hydrogens (tertiary/aromatic N) is 1. The quantitative estimate of drug-likeness (QED) is 0.899. The van der Waals surface area contributed by atoms with Crippen molar-refractivity contribution in [2.45, 2.75) is 50.7 Å². The van der Waals surface area contributed by atoms with Crippen LogP contribution in [0.4, 0.5) is 0 Å². The molecule has 0 aromatic heterocycles. The Bertz CT molecular complexity index is 535. The van der Waals surface area contributed by atoms with E-state index in [1.165, 1.54) is 0 Å². The molecule has 1 amide bonds. The van der Waals surface area contributed by atoms with Crippen molar-refractivity contribution in [3.8, 4) is 5.75 Å². The van der Waals surface area contributed by atoms with Gasteiger partial charge in [0.2, 0.25) is 5.91 Å². The number of aromatic hydroxyl groups is 1. The van der Waals surface area contributed by atoms with Gasteiger partial charge in [0, 0.05) is 29.1 Å². The Hall–Kier alpha value is -1.26. The normalized spacial score (nSPS) is 29.1. The molecule has 1 saturated heterocycles. The van der Waals surface area contributed by atoms with Gasteiger partial charge < -0.3 is 15.1 Å². The van der Waals surface area contributed by atoms with E-state index in [9.17, 15) is 15.0 Å². The van der Waals surface area contributed by atoms with Crippen LogP contribution in [0.15, 0.2) is 18.2 Å². The smallest absolute Gasteiger partial charge is 0.226 e. The maximum Gasteiger partial charge on any atom is 0.226 e. The SMILES string of the molecule is O=C1C(Cc2c(O)cccc2Cl)CCN1[C@H]1CC[C@@H](O)CC1. The van der Waals surface area contributed by atoms with Gasteiger partial charge in [0.25, 0.3) is 0 Å². The summed E-state index contributed by atoms with van der Waals surface area (Å²) in [5.41, 5.74) is 0.670. The molecule has 22 heavy (non-hydrogen) atoms. The molecule has 4 nitrogen and oxygen atoms in total. The second-order valence-electron chi connectivity index (χ2n) is 6.42. The summed E-state index contributed by atoms with van der Waals surface area (Å²) in [7, 11) is 0. The minimum atomic E-state index is -0.204. The number of aliphatic hydroxyl groups excluding tert-OH is 1. The van der Waals surface area contributed by atoms with E-state index < -0.39 is 0 Å². The summed E-state index contributed by atoms with van der Waals surface area (Å²) in [6.45, 7) is 0.773. The lowest BCUT2D eigenvalue weighted by Crippen LogP contribution is -2.41. The number of hydrogen-bond donors (Lipinski definition) is 2. The highest BCUT2D eigenvalue weighted by molar-refractivity contribution is 6.31. The van der Waals surface area contributed by atoms with Crippen molar-refractivity contribution >= 4 is 17.5 Å². The molecule has 2 aliphatic rings. The number of hydrogen-bond acceptors (Lipinski definition) is 3. The number of aliphatic hydroxyl groups is 1. The van der Waals surface area contributed by atoms with Crippen LogP contribution in [0.5, 0.6) is 5.75 Å². The van der Waals surface area contributed by atoms with E-state index in [0.29, 0.717) is 17.0 Å². The minimum absolute atomic E-state index is 0.0994. The van der Waals surface area contributed by atoms with Gasteiger partial charge in [-0.1, -0.05) is 17.7 Å². The minimum Gasteiger partial charge on any atom is -0.508 e. The molecule has 1 unspecified atom stereocenters. The Balaban J connectivity index is 1.66. The molecule has 1 aromatic rings. The number of amides is 1. The van der Waals surface area contributed by atoms with E-state index in [1.807, 2.05) is 4.90 Å². The fourth-order valence-corrected chi connectivity index (χ4v) is 3.93. The van der Waals surface area contributed by atoms with Crippen LogP contribution in [0.1, 0.15) is 37.7 Å². The zero-order valence-corrected chi connectivity index (χ0v) is 13.3. The molecule has 1 saturated carbocycles. The third-order valence-electron chi connectivity index (χ3n) is 5.00. The number of carbonyl (C=O) groups is 1. The van der Waals surface area contributed by atoms with Crippen LogP contribution in [0.25, 0.3) is 0 Å². The fraction of sp³-hybridized carbons (Fsp3) is 0.588. The Labute approximate surface area is 135 Å². The van der Waals surface area contributed by atoms with Gasteiger partial charge in [-0.15, -0.1) is 0 Å². The Kier molecular flexibility index (Phi) is 4.59. The highest BCUT2D eigenvalue weighted by Gasteiger charge is 2.37. The summed E-state index contributed by atoms with van der Waals surface area (Å²) in [6, 6.07) is 5.33. The summed E-state index contributed by atoms with van der Waals surface area (Å²) in [5.74, 6) is 0.234. The van der Waals surface area contributed by atoms with Crippen LogP contribution >= 0.6 is 11.6 Å². The van der Waals surface area contributed by atoms with Crippen molar-refractivity contribution in [2.75, 3.05) is 6.54 Å². The summed E-state index contributed by atoms with van der Waals surface area (Å²) in [6.07, 6.45) is 4.44. The highest BCUT2D eigenvalue weighted by Crippen LogP contribution is 2.34. The number of rotatable bonds is 3. The van der Waals surface area contributed by atoms with Gasteiger partial charge in [-0.3, -0.25) is 4.79 Å². The number of likely N-dealkylation sites (tertiary alicyclic amines) is 1. The maximum atomic E-state index is 12.7. The van der Waals surface area contributed by atoms with Gasteiger partial charge in [0.1, 0.15) is 5.75 Å². The van der Waals surface area contributed by atoms with Gasteiger partial charge in [0.05, 0.1) is 6.10 Å². The average molecular weight is 324 g/mol. The van der Waals surface area contributed by atoms with Gasteiger partial charge in [-0.05, 0) is 50.7 Å². The predicted molar refractivity (Wildman–Crippen MR) is 84.9 cm³/mol. The molecule has 1 aromatic carbocycles. The Morgan fingerprint density at radius 3 is 2.59 bits per heavy atom. The molecule has 1 heterocycles. The zero-order chi connectivity index (χ0) is 15.7. The average Bonchev–Trinajstić information content (AvgIpc) is 2.85. The molecule has 0 spiro atoms. The molecular formula is C17H22ClNO3. The van der Waals surface area contributed by atoms with E-state index in [2.05, 4.69) is 0 Å². The van der Waals surface area contributed by atoms with Crippen LogP contribution in [0.3, 0.4) is 0 Å². The second kappa shape index (κ2) is 6.47. The molecule has 2 N–H and O–H groups in total. The van der Waals surface area contributed by atoms with Crippen molar-refractivity contribution in [1.29, 1.82) is 0 Å². The van der Waals surface area contributed by atoms with E-state index in [4.69, 9.17) is 11.6 Å². The molecule has 120 valence electrons. The van der Waals surface area contributed by atoms with Crippen LogP contribution < -0.4 is 0 Å². The molecule has 3 rings (SSSR count). The van der Waals surface area contributed by atoms with Crippen LogP contribution in [-0.4, -0.2) is 39.7 Å². The molecule has 1 atom stereocenters. The number of halogens is 1. The molecular weight excluding hydrogens is 302 g/mol. The largest absolute Gasteiger partial charge is 0.508 e. The van der Waals surface area contributed by atoms with Crippen molar-refractivity contribution in [2.24, 2.45) is 5.92 Å². The molecule has 2 fully saturated rings. The number of phenolic OH excluding ortho intramolecular Hbond substituents is 1. The molecule has 0 bridgehead atoms. The summed E-state index contributed by atoms with van der Waals surface area (Å²) < 4.78 is 0. The van der Waals surface area contributed by atoms with Gasteiger partial charge in [0.15, 0.2) is 0 Å². The fourth-order valence-electron chi connectivity index (χ4n) is 3.68.